The summed E-state index contributed by atoms with van der Waals surface area (Å²) in [5.41, 5.74) is 3.71. The molecule has 3 heterocycles. The molecule has 0 saturated carbocycles. The number of carboxylic acids is 1. The molecule has 1 amide bonds. The lowest BCUT2D eigenvalue weighted by molar-refractivity contribution is -0.138. The smallest absolute Gasteiger partial charge is 0.317 e. The fourth-order valence-electron chi connectivity index (χ4n) is 4.05. The summed E-state index contributed by atoms with van der Waals surface area (Å²) in [7, 11) is 1.64. The largest absolute Gasteiger partial charge is 0.488 e. The van der Waals surface area contributed by atoms with Crippen LogP contribution in [-0.2, 0) is 9.59 Å². The summed E-state index contributed by atoms with van der Waals surface area (Å²) >= 11 is 0. The number of allylic oxidation sites excluding steroid dienone is 4. The van der Waals surface area contributed by atoms with Crippen molar-refractivity contribution >= 4 is 34.6 Å². The van der Waals surface area contributed by atoms with E-state index in [1.165, 1.54) is 0 Å². The first-order valence-corrected chi connectivity index (χ1v) is 11.4. The minimum Gasteiger partial charge on any atom is -0.488 e. The van der Waals surface area contributed by atoms with Gasteiger partial charge in [0, 0.05) is 42.9 Å². The van der Waals surface area contributed by atoms with Gasteiger partial charge in [0.15, 0.2) is 5.75 Å². The molecule has 0 saturated heterocycles. The number of amides is 1. The minimum atomic E-state index is -0.944. The van der Waals surface area contributed by atoms with Crippen LogP contribution in [-0.4, -0.2) is 65.1 Å². The number of aliphatic carboxylic acids is 1. The van der Waals surface area contributed by atoms with Crippen LogP contribution in [0.4, 0.5) is 21.6 Å². The molecule has 35 heavy (non-hydrogen) atoms. The molecule has 0 spiro atoms. The highest BCUT2D eigenvalue weighted by molar-refractivity contribution is 5.90. The number of anilines is 3. The third-order valence-electron chi connectivity index (χ3n) is 5.86. The maximum atomic E-state index is 14.6. The second kappa shape index (κ2) is 10.6. The summed E-state index contributed by atoms with van der Waals surface area (Å²) in [5.74, 6) is -0.395. The molecule has 1 aliphatic carbocycles. The monoisotopic (exact) mass is 481 g/mol. The van der Waals surface area contributed by atoms with Gasteiger partial charge in [-0.2, -0.15) is 0 Å². The van der Waals surface area contributed by atoms with Crippen molar-refractivity contribution in [1.82, 2.24) is 14.9 Å². The molecule has 9 nitrogen and oxygen atoms in total. The van der Waals surface area contributed by atoms with E-state index in [1.54, 1.807) is 30.4 Å². The van der Waals surface area contributed by atoms with Gasteiger partial charge in [-0.05, 0) is 32.5 Å². The van der Waals surface area contributed by atoms with Gasteiger partial charge in [-0.15, -0.1) is 0 Å². The van der Waals surface area contributed by atoms with E-state index in [9.17, 15) is 14.0 Å². The zero-order chi connectivity index (χ0) is 24.9. The van der Waals surface area contributed by atoms with Crippen molar-refractivity contribution < 1.29 is 23.8 Å². The second-order valence-corrected chi connectivity index (χ2v) is 8.68. The fraction of sp³-hybridized carbons (Fsp3) is 0.360. The van der Waals surface area contributed by atoms with E-state index in [-0.39, 0.29) is 24.7 Å². The number of fused-ring (bicyclic) bond motifs is 1. The Balaban J connectivity index is 1.52. The molecule has 2 aromatic rings. The average Bonchev–Trinajstić information content (AvgIpc) is 2.83. The van der Waals surface area contributed by atoms with Gasteiger partial charge in [0.1, 0.15) is 18.3 Å². The Bertz CT molecular complexity index is 1200. The Labute approximate surface area is 202 Å². The molecule has 0 unspecified atom stereocenters. The number of carbonyl (C=O) groups excluding carboxylic acids is 1. The molecule has 10 heteroatoms. The van der Waals surface area contributed by atoms with Crippen molar-refractivity contribution in [3.63, 3.8) is 0 Å². The summed E-state index contributed by atoms with van der Waals surface area (Å²) in [4.78, 5) is 35.4. The number of halogens is 1. The Morgan fingerprint density at radius 3 is 2.91 bits per heavy atom. The van der Waals surface area contributed by atoms with Gasteiger partial charge in [0.05, 0.1) is 30.7 Å². The number of nitrogens with zero attached hydrogens (tertiary/aromatic N) is 4. The zero-order valence-corrected chi connectivity index (χ0v) is 19.8. The van der Waals surface area contributed by atoms with E-state index >= 15 is 0 Å². The Hall–Kier alpha value is -3.79. The molecule has 0 atom stereocenters. The van der Waals surface area contributed by atoms with E-state index in [0.29, 0.717) is 55.4 Å². The molecule has 2 N–H and O–H groups in total. The number of pyridine rings is 2. The molecule has 4 rings (SSSR count). The quantitative estimate of drug-likeness (QED) is 0.587. The third kappa shape index (κ3) is 6.02. The normalized spacial score (nSPS) is 15.4. The van der Waals surface area contributed by atoms with Gasteiger partial charge in [0.25, 0.3) is 0 Å². The van der Waals surface area contributed by atoms with Gasteiger partial charge >= 0.3 is 5.97 Å². The summed E-state index contributed by atoms with van der Waals surface area (Å²) in [6.45, 7) is 3.17. The number of hydrogen-bond donors (Lipinski definition) is 2. The standard InChI is InChI=1S/C25H28FN5O4/c1-16-3-4-19(26)18(11-16)20-13-21-22(14-28-20)35-10-9-31(21)17-5-7-27-23(12-17)29-24(32)6-8-30(2)15-25(33)34/h5,7,11-14H,3-4,6,8-10,15H2,1-2H3,(H,33,34)(H,27,29,32). The van der Waals surface area contributed by atoms with E-state index in [2.05, 4.69) is 15.3 Å². The van der Waals surface area contributed by atoms with E-state index in [1.807, 2.05) is 30.0 Å². The topological polar surface area (TPSA) is 108 Å². The van der Waals surface area contributed by atoms with Crippen molar-refractivity contribution in [3.8, 4) is 5.75 Å². The van der Waals surface area contributed by atoms with Crippen LogP contribution in [0.2, 0.25) is 0 Å². The van der Waals surface area contributed by atoms with Crippen LogP contribution in [0.3, 0.4) is 0 Å². The van der Waals surface area contributed by atoms with E-state index in [0.717, 1.165) is 16.9 Å². The highest BCUT2D eigenvalue weighted by Gasteiger charge is 2.23. The maximum Gasteiger partial charge on any atom is 0.317 e. The first kappa shape index (κ1) is 24.3. The molecule has 2 aliphatic rings. The summed E-state index contributed by atoms with van der Waals surface area (Å²) in [6, 6.07) is 5.42. The predicted octanol–water partition coefficient (Wildman–Crippen LogP) is 3.77. The number of aromatic nitrogens is 2. The van der Waals surface area contributed by atoms with Crippen LogP contribution in [0, 0.1) is 0 Å². The number of hydrogen-bond acceptors (Lipinski definition) is 7. The predicted molar refractivity (Wildman–Crippen MR) is 130 cm³/mol. The molecule has 0 aromatic carbocycles. The van der Waals surface area contributed by atoms with Crippen LogP contribution in [0.25, 0.3) is 5.57 Å². The zero-order valence-electron chi connectivity index (χ0n) is 19.8. The highest BCUT2D eigenvalue weighted by atomic mass is 19.1. The van der Waals surface area contributed by atoms with Crippen LogP contribution in [0.1, 0.15) is 31.9 Å². The number of rotatable bonds is 8. The summed E-state index contributed by atoms with van der Waals surface area (Å²) in [6.07, 6.45) is 6.28. The lowest BCUT2D eigenvalue weighted by Gasteiger charge is -2.31. The minimum absolute atomic E-state index is 0.134. The average molecular weight is 482 g/mol. The van der Waals surface area contributed by atoms with Crippen molar-refractivity contribution in [2.45, 2.75) is 26.2 Å². The molecular weight excluding hydrogens is 453 g/mol. The van der Waals surface area contributed by atoms with Gasteiger partial charge in [-0.25, -0.2) is 9.37 Å². The molecule has 0 fully saturated rings. The summed E-state index contributed by atoms with van der Waals surface area (Å²) in [5, 5.41) is 11.6. The Morgan fingerprint density at radius 1 is 1.29 bits per heavy atom. The van der Waals surface area contributed by atoms with Gasteiger partial charge in [0.2, 0.25) is 5.91 Å². The van der Waals surface area contributed by atoms with Crippen molar-refractivity contribution in [2.24, 2.45) is 0 Å². The fourth-order valence-corrected chi connectivity index (χ4v) is 4.05. The number of likely N-dealkylation sites (N-methyl/N-ethyl adjacent to an activating group) is 1. The molecule has 0 bridgehead atoms. The van der Waals surface area contributed by atoms with Crippen molar-refractivity contribution in [1.29, 1.82) is 0 Å². The second-order valence-electron chi connectivity index (χ2n) is 8.68. The highest BCUT2D eigenvalue weighted by Crippen LogP contribution is 2.39. The Morgan fingerprint density at radius 2 is 2.11 bits per heavy atom. The molecular formula is C25H28FN5O4. The van der Waals surface area contributed by atoms with Gasteiger partial charge < -0.3 is 20.1 Å². The van der Waals surface area contributed by atoms with Gasteiger partial charge in [-0.3, -0.25) is 19.5 Å². The van der Waals surface area contributed by atoms with Crippen molar-refractivity contribution in [3.05, 3.63) is 53.8 Å². The number of carbonyl (C=O) groups is 2. The van der Waals surface area contributed by atoms with Gasteiger partial charge in [-0.1, -0.05) is 11.6 Å². The first-order chi connectivity index (χ1) is 16.8. The molecule has 0 radical (unpaired) electrons. The third-order valence-corrected chi connectivity index (χ3v) is 5.86. The lowest BCUT2D eigenvalue weighted by atomic mass is 9.97. The van der Waals surface area contributed by atoms with Crippen LogP contribution < -0.4 is 15.0 Å². The number of ether oxygens (including phenoxy) is 1. The first-order valence-electron chi connectivity index (χ1n) is 11.4. The molecule has 184 valence electrons. The van der Waals surface area contributed by atoms with E-state index in [4.69, 9.17) is 9.84 Å². The van der Waals surface area contributed by atoms with Crippen molar-refractivity contribution in [2.75, 3.05) is 43.5 Å². The number of nitrogens with one attached hydrogen (secondary N) is 1. The van der Waals surface area contributed by atoms with Crippen LogP contribution >= 0.6 is 0 Å². The molecule has 1 aliphatic heterocycles. The lowest BCUT2D eigenvalue weighted by Crippen LogP contribution is -2.30. The summed E-state index contributed by atoms with van der Waals surface area (Å²) < 4.78 is 20.4. The SMILES string of the molecule is CC1=CC(c2cc3c(cn2)OCCN3c2ccnc(NC(=O)CCN(C)CC(=O)O)c2)=C(F)CC1. The number of carboxylic acid groups (broad SMARTS) is 1. The van der Waals surface area contributed by atoms with Crippen LogP contribution in [0.15, 0.2) is 48.1 Å². The van der Waals surface area contributed by atoms with E-state index < -0.39 is 5.97 Å². The maximum absolute atomic E-state index is 14.6. The Kier molecular flexibility index (Phi) is 7.40. The molecule has 2 aromatic heterocycles. The van der Waals surface area contributed by atoms with Crippen LogP contribution in [0.5, 0.6) is 5.75 Å².